The molecule has 1 unspecified atom stereocenters. The van der Waals surface area contributed by atoms with Crippen LogP contribution in [0.15, 0.2) is 30.3 Å². The maximum absolute atomic E-state index is 12.8. The molecule has 2 aliphatic rings. The van der Waals surface area contributed by atoms with Crippen molar-refractivity contribution in [1.29, 1.82) is 0 Å². The van der Waals surface area contributed by atoms with Gasteiger partial charge >= 0.3 is 0 Å². The molecule has 132 valence electrons. The van der Waals surface area contributed by atoms with E-state index in [0.717, 1.165) is 57.9 Å². The van der Waals surface area contributed by atoms with Gasteiger partial charge in [-0.2, -0.15) is 0 Å². The average molecular weight is 332 g/mol. The van der Waals surface area contributed by atoms with E-state index >= 15 is 0 Å². The molecule has 0 spiro atoms. The number of likely N-dealkylation sites (tertiary alicyclic amines) is 1. The van der Waals surface area contributed by atoms with Gasteiger partial charge in [0.05, 0.1) is 6.61 Å². The minimum atomic E-state index is 0.0975. The monoisotopic (exact) mass is 332 g/mol. The highest BCUT2D eigenvalue weighted by Gasteiger charge is 2.30. The normalized spacial score (nSPS) is 22.5. The number of hydrogen-bond donors (Lipinski definition) is 0. The second-order valence-corrected chi connectivity index (χ2v) is 6.91. The Morgan fingerprint density at radius 3 is 2.67 bits per heavy atom. The molecule has 0 bridgehead atoms. The van der Waals surface area contributed by atoms with Crippen molar-refractivity contribution in [2.45, 2.75) is 25.3 Å². The lowest BCUT2D eigenvalue weighted by atomic mass is 10.0. The van der Waals surface area contributed by atoms with Crippen LogP contribution in [0.3, 0.4) is 0 Å². The van der Waals surface area contributed by atoms with Gasteiger partial charge in [-0.05, 0) is 51.5 Å². The van der Waals surface area contributed by atoms with Crippen LogP contribution in [0, 0.1) is 5.92 Å². The molecule has 0 aliphatic carbocycles. The summed E-state index contributed by atoms with van der Waals surface area (Å²) in [7, 11) is 2.14. The van der Waals surface area contributed by atoms with Crippen LogP contribution < -0.4 is 4.74 Å². The van der Waals surface area contributed by atoms with E-state index < -0.39 is 0 Å². The number of amides is 1. The number of benzene rings is 1. The summed E-state index contributed by atoms with van der Waals surface area (Å²) in [6, 6.07) is 9.89. The summed E-state index contributed by atoms with van der Waals surface area (Å²) < 4.78 is 11.2. The summed E-state index contributed by atoms with van der Waals surface area (Å²) in [5.74, 6) is 1.31. The first-order valence-electron chi connectivity index (χ1n) is 8.96. The van der Waals surface area contributed by atoms with Crippen LogP contribution in [0.4, 0.5) is 0 Å². The van der Waals surface area contributed by atoms with Gasteiger partial charge in [-0.1, -0.05) is 18.2 Å². The molecular weight excluding hydrogens is 304 g/mol. The molecule has 1 aromatic rings. The van der Waals surface area contributed by atoms with Crippen molar-refractivity contribution in [2.75, 3.05) is 46.5 Å². The molecule has 2 heterocycles. The molecule has 1 aromatic carbocycles. The van der Waals surface area contributed by atoms with E-state index in [1.165, 1.54) is 0 Å². The molecule has 2 fully saturated rings. The van der Waals surface area contributed by atoms with E-state index in [-0.39, 0.29) is 12.5 Å². The van der Waals surface area contributed by atoms with E-state index in [2.05, 4.69) is 16.8 Å². The van der Waals surface area contributed by atoms with Gasteiger partial charge < -0.3 is 19.3 Å². The maximum Gasteiger partial charge on any atom is 0.260 e. The smallest absolute Gasteiger partial charge is 0.260 e. The number of ether oxygens (including phenoxy) is 2. The predicted octanol–water partition coefficient (Wildman–Crippen LogP) is 2.02. The zero-order valence-corrected chi connectivity index (χ0v) is 14.5. The van der Waals surface area contributed by atoms with Crippen LogP contribution in [0.25, 0.3) is 0 Å². The molecule has 24 heavy (non-hydrogen) atoms. The summed E-state index contributed by atoms with van der Waals surface area (Å²) in [5.41, 5.74) is 0. The Hall–Kier alpha value is -1.59. The van der Waals surface area contributed by atoms with E-state index in [9.17, 15) is 4.79 Å². The highest BCUT2D eigenvalue weighted by Crippen LogP contribution is 2.21. The van der Waals surface area contributed by atoms with E-state index in [0.29, 0.717) is 12.0 Å². The van der Waals surface area contributed by atoms with Crippen LogP contribution in [0.1, 0.15) is 19.3 Å². The van der Waals surface area contributed by atoms with Gasteiger partial charge in [-0.15, -0.1) is 0 Å². The molecule has 1 amide bonds. The largest absolute Gasteiger partial charge is 0.484 e. The summed E-state index contributed by atoms with van der Waals surface area (Å²) in [6.07, 6.45) is 3.14. The molecule has 2 aliphatic heterocycles. The topological polar surface area (TPSA) is 42.0 Å². The van der Waals surface area contributed by atoms with Crippen molar-refractivity contribution in [3.63, 3.8) is 0 Å². The van der Waals surface area contributed by atoms with Gasteiger partial charge in [-0.3, -0.25) is 4.79 Å². The molecule has 2 saturated heterocycles. The van der Waals surface area contributed by atoms with Crippen LogP contribution in [0.2, 0.25) is 0 Å². The Morgan fingerprint density at radius 1 is 1.25 bits per heavy atom. The zero-order valence-electron chi connectivity index (χ0n) is 14.5. The van der Waals surface area contributed by atoms with Crippen molar-refractivity contribution in [2.24, 2.45) is 5.92 Å². The lowest BCUT2D eigenvalue weighted by molar-refractivity contribution is -0.137. The molecule has 5 heteroatoms. The summed E-state index contributed by atoms with van der Waals surface area (Å²) in [5, 5.41) is 0. The van der Waals surface area contributed by atoms with Gasteiger partial charge in [0.1, 0.15) is 5.75 Å². The number of piperidine rings is 1. The van der Waals surface area contributed by atoms with Crippen molar-refractivity contribution < 1.29 is 14.3 Å². The van der Waals surface area contributed by atoms with Gasteiger partial charge in [-0.25, -0.2) is 0 Å². The van der Waals surface area contributed by atoms with E-state index in [4.69, 9.17) is 9.47 Å². The molecule has 0 radical (unpaired) electrons. The highest BCUT2D eigenvalue weighted by molar-refractivity contribution is 5.78. The molecule has 1 atom stereocenters. The quantitative estimate of drug-likeness (QED) is 0.799. The molecule has 5 nitrogen and oxygen atoms in total. The molecular formula is C19H28N2O3. The lowest BCUT2D eigenvalue weighted by Crippen LogP contribution is -2.49. The standard InChI is InChI=1S/C19H28N2O3/c1-20-10-7-17(8-11-20)21(13-16-9-12-23-14-16)19(22)15-24-18-5-3-2-4-6-18/h2-6,16-17H,7-15H2,1H3. The Kier molecular flexibility index (Phi) is 6.10. The summed E-state index contributed by atoms with van der Waals surface area (Å²) >= 11 is 0. The number of rotatable bonds is 6. The van der Waals surface area contributed by atoms with Gasteiger partial charge in [0.15, 0.2) is 6.61 Å². The first-order valence-corrected chi connectivity index (χ1v) is 8.96. The fraction of sp³-hybridized carbons (Fsp3) is 0.632. The van der Waals surface area contributed by atoms with Crippen LogP contribution in [-0.4, -0.2) is 68.3 Å². The number of hydrogen-bond acceptors (Lipinski definition) is 4. The Labute approximate surface area is 144 Å². The Morgan fingerprint density at radius 2 is 2.00 bits per heavy atom. The number of para-hydroxylation sites is 1. The zero-order chi connectivity index (χ0) is 16.8. The van der Waals surface area contributed by atoms with Gasteiger partial charge in [0, 0.05) is 25.1 Å². The first-order chi connectivity index (χ1) is 11.7. The van der Waals surface area contributed by atoms with Crippen molar-refractivity contribution in [3.05, 3.63) is 30.3 Å². The Balaban J connectivity index is 1.60. The predicted molar refractivity (Wildman–Crippen MR) is 93.1 cm³/mol. The fourth-order valence-corrected chi connectivity index (χ4v) is 3.51. The number of nitrogens with zero attached hydrogens (tertiary/aromatic N) is 2. The fourth-order valence-electron chi connectivity index (χ4n) is 3.51. The van der Waals surface area contributed by atoms with Crippen LogP contribution >= 0.6 is 0 Å². The third-order valence-corrected chi connectivity index (χ3v) is 5.03. The second kappa shape index (κ2) is 8.49. The minimum Gasteiger partial charge on any atom is -0.484 e. The van der Waals surface area contributed by atoms with Gasteiger partial charge in [0.2, 0.25) is 0 Å². The molecule has 0 saturated carbocycles. The van der Waals surface area contributed by atoms with E-state index in [1.807, 2.05) is 30.3 Å². The van der Waals surface area contributed by atoms with E-state index in [1.54, 1.807) is 0 Å². The summed E-state index contributed by atoms with van der Waals surface area (Å²) in [4.78, 5) is 17.2. The highest BCUT2D eigenvalue weighted by atomic mass is 16.5. The van der Waals surface area contributed by atoms with Crippen molar-refractivity contribution >= 4 is 5.91 Å². The maximum atomic E-state index is 12.8. The first kappa shape index (κ1) is 17.2. The molecule has 3 rings (SSSR count). The third kappa shape index (κ3) is 4.71. The Bertz CT molecular complexity index is 509. The third-order valence-electron chi connectivity index (χ3n) is 5.03. The van der Waals surface area contributed by atoms with Crippen LogP contribution in [-0.2, 0) is 9.53 Å². The second-order valence-electron chi connectivity index (χ2n) is 6.91. The number of carbonyl (C=O) groups excluding carboxylic acids is 1. The average Bonchev–Trinajstić information content (AvgIpc) is 3.13. The van der Waals surface area contributed by atoms with Crippen LogP contribution in [0.5, 0.6) is 5.75 Å². The molecule has 0 aromatic heterocycles. The SMILES string of the molecule is CN1CCC(N(CC2CCOC2)C(=O)COc2ccccc2)CC1. The summed E-state index contributed by atoms with van der Waals surface area (Å²) in [6.45, 7) is 4.61. The van der Waals surface area contributed by atoms with Crippen molar-refractivity contribution in [1.82, 2.24) is 9.80 Å². The van der Waals surface area contributed by atoms with Gasteiger partial charge in [0.25, 0.3) is 5.91 Å². The molecule has 0 N–H and O–H groups in total. The minimum absolute atomic E-state index is 0.0975. The van der Waals surface area contributed by atoms with Crippen molar-refractivity contribution in [3.8, 4) is 5.75 Å². The number of carbonyl (C=O) groups is 1. The lowest BCUT2D eigenvalue weighted by Gasteiger charge is -2.38.